The second-order valence-electron chi connectivity index (χ2n) is 3.76. The molecule has 2 aromatic rings. The van der Waals surface area contributed by atoms with Gasteiger partial charge in [-0.1, -0.05) is 22.0 Å². The van der Waals surface area contributed by atoms with Crippen molar-refractivity contribution in [2.75, 3.05) is 7.11 Å². The summed E-state index contributed by atoms with van der Waals surface area (Å²) in [6.45, 7) is 0. The number of ether oxygens (including phenoxy) is 1. The molecule has 1 atom stereocenters. The highest BCUT2D eigenvalue weighted by atomic mass is 79.9. The molecule has 0 fully saturated rings. The van der Waals surface area contributed by atoms with Crippen molar-refractivity contribution in [3.05, 3.63) is 45.9 Å². The number of aromatic nitrogens is 2. The van der Waals surface area contributed by atoms with Gasteiger partial charge in [-0.25, -0.2) is 4.39 Å². The molecule has 6 heteroatoms. The van der Waals surface area contributed by atoms with Crippen molar-refractivity contribution in [3.8, 4) is 5.75 Å². The van der Waals surface area contributed by atoms with Gasteiger partial charge in [0.05, 0.1) is 13.3 Å². The van der Waals surface area contributed by atoms with Crippen molar-refractivity contribution in [1.82, 2.24) is 9.78 Å². The molecule has 18 heavy (non-hydrogen) atoms. The summed E-state index contributed by atoms with van der Waals surface area (Å²) in [6.07, 6.45) is 0.329. The van der Waals surface area contributed by atoms with E-state index in [9.17, 15) is 9.50 Å². The Bertz CT molecular complexity index is 551. The van der Waals surface area contributed by atoms with E-state index in [4.69, 9.17) is 4.74 Å². The molecule has 1 aromatic carbocycles. The summed E-state index contributed by atoms with van der Waals surface area (Å²) in [4.78, 5) is 0. The lowest BCUT2D eigenvalue weighted by Crippen LogP contribution is -2.10. The van der Waals surface area contributed by atoms with E-state index < -0.39 is 11.9 Å². The van der Waals surface area contributed by atoms with Gasteiger partial charge < -0.3 is 9.84 Å². The Hall–Kier alpha value is -1.40. The number of aliphatic hydroxyl groups is 1. The molecule has 2 rings (SSSR count). The Kier molecular flexibility index (Phi) is 3.68. The van der Waals surface area contributed by atoms with Crippen LogP contribution in [0.15, 0.2) is 28.9 Å². The number of aryl methyl sites for hydroxylation is 1. The summed E-state index contributed by atoms with van der Waals surface area (Å²) >= 11 is 3.23. The first kappa shape index (κ1) is 13.0. The standard InChI is InChI=1S/C12H12BrFN2O2/c1-16-11(9(18-2)6-15-16)12(17)10-7(13)4-3-5-8(10)14/h3-6,12,17H,1-2H3. The van der Waals surface area contributed by atoms with Crippen molar-refractivity contribution in [2.45, 2.75) is 6.10 Å². The predicted octanol–water partition coefficient (Wildman–Crippen LogP) is 2.41. The van der Waals surface area contributed by atoms with E-state index in [1.807, 2.05) is 0 Å². The van der Waals surface area contributed by atoms with Crippen molar-refractivity contribution >= 4 is 15.9 Å². The summed E-state index contributed by atoms with van der Waals surface area (Å²) in [5.41, 5.74) is 0.572. The third-order valence-electron chi connectivity index (χ3n) is 2.70. The van der Waals surface area contributed by atoms with Crippen LogP contribution in [0.4, 0.5) is 4.39 Å². The molecule has 0 saturated heterocycles. The number of aliphatic hydroxyl groups excluding tert-OH is 1. The topological polar surface area (TPSA) is 47.3 Å². The zero-order valence-electron chi connectivity index (χ0n) is 9.89. The molecule has 0 aliphatic rings. The normalized spacial score (nSPS) is 12.5. The van der Waals surface area contributed by atoms with Crippen LogP contribution in [0.5, 0.6) is 5.75 Å². The molecule has 1 N–H and O–H groups in total. The van der Waals surface area contributed by atoms with Crippen LogP contribution in [0.3, 0.4) is 0 Å². The zero-order chi connectivity index (χ0) is 13.3. The van der Waals surface area contributed by atoms with Gasteiger partial charge in [0.15, 0.2) is 5.75 Å². The van der Waals surface area contributed by atoms with Gasteiger partial charge in [-0.15, -0.1) is 0 Å². The van der Waals surface area contributed by atoms with Gasteiger partial charge in [-0.05, 0) is 12.1 Å². The number of hydrogen-bond donors (Lipinski definition) is 1. The molecule has 1 heterocycles. The first-order valence-corrected chi connectivity index (χ1v) is 6.03. The van der Waals surface area contributed by atoms with Gasteiger partial charge in [-0.2, -0.15) is 5.10 Å². The van der Waals surface area contributed by atoms with Crippen LogP contribution in [-0.2, 0) is 7.05 Å². The Morgan fingerprint density at radius 2 is 2.22 bits per heavy atom. The first-order valence-electron chi connectivity index (χ1n) is 5.24. The molecule has 0 amide bonds. The fraction of sp³-hybridized carbons (Fsp3) is 0.250. The Morgan fingerprint density at radius 1 is 1.50 bits per heavy atom. The van der Waals surface area contributed by atoms with Crippen LogP contribution >= 0.6 is 15.9 Å². The third kappa shape index (κ3) is 2.13. The molecule has 0 saturated carbocycles. The minimum Gasteiger partial charge on any atom is -0.493 e. The smallest absolute Gasteiger partial charge is 0.162 e. The molecule has 1 aromatic heterocycles. The average Bonchev–Trinajstić information content (AvgIpc) is 2.70. The predicted molar refractivity (Wildman–Crippen MR) is 67.9 cm³/mol. The number of hydrogen-bond acceptors (Lipinski definition) is 3. The molecule has 0 spiro atoms. The maximum atomic E-state index is 13.8. The molecular weight excluding hydrogens is 303 g/mol. The summed E-state index contributed by atoms with van der Waals surface area (Å²) in [6, 6.07) is 4.53. The fourth-order valence-electron chi connectivity index (χ4n) is 1.80. The Labute approximate surface area is 112 Å². The molecule has 0 bridgehead atoms. The molecule has 0 radical (unpaired) electrons. The highest BCUT2D eigenvalue weighted by Crippen LogP contribution is 2.34. The van der Waals surface area contributed by atoms with Gasteiger partial charge >= 0.3 is 0 Å². The van der Waals surface area contributed by atoms with Gasteiger partial charge in [0.25, 0.3) is 0 Å². The van der Waals surface area contributed by atoms with Crippen LogP contribution < -0.4 is 4.74 Å². The van der Waals surface area contributed by atoms with Crippen LogP contribution in [0.25, 0.3) is 0 Å². The minimum atomic E-state index is -1.15. The number of nitrogens with zero attached hydrogens (tertiary/aromatic N) is 2. The van der Waals surface area contributed by atoms with Crippen molar-refractivity contribution in [2.24, 2.45) is 7.05 Å². The summed E-state index contributed by atoms with van der Waals surface area (Å²) in [5.74, 6) is -0.0692. The van der Waals surface area contributed by atoms with Crippen LogP contribution in [0.1, 0.15) is 17.4 Å². The minimum absolute atomic E-state index is 0.166. The molecule has 0 aliphatic carbocycles. The molecule has 4 nitrogen and oxygen atoms in total. The lowest BCUT2D eigenvalue weighted by atomic mass is 10.1. The van der Waals surface area contributed by atoms with Crippen LogP contribution in [0, 0.1) is 5.82 Å². The molecule has 96 valence electrons. The molecule has 1 unspecified atom stereocenters. The van der Waals surface area contributed by atoms with E-state index in [1.165, 1.54) is 24.1 Å². The number of rotatable bonds is 3. The van der Waals surface area contributed by atoms with Gasteiger partial charge in [0, 0.05) is 17.1 Å². The highest BCUT2D eigenvalue weighted by Gasteiger charge is 2.24. The van der Waals surface area contributed by atoms with Crippen molar-refractivity contribution in [1.29, 1.82) is 0 Å². The summed E-state index contributed by atoms with van der Waals surface area (Å²) in [7, 11) is 3.14. The van der Waals surface area contributed by atoms with Crippen molar-refractivity contribution < 1.29 is 14.2 Å². The largest absolute Gasteiger partial charge is 0.493 e. The summed E-state index contributed by atoms with van der Waals surface area (Å²) < 4.78 is 20.9. The quantitative estimate of drug-likeness (QED) is 0.946. The zero-order valence-corrected chi connectivity index (χ0v) is 11.5. The van der Waals surface area contributed by atoms with Crippen molar-refractivity contribution in [3.63, 3.8) is 0 Å². The van der Waals surface area contributed by atoms with E-state index >= 15 is 0 Å². The lowest BCUT2D eigenvalue weighted by molar-refractivity contribution is 0.198. The van der Waals surface area contributed by atoms with E-state index in [0.29, 0.717) is 15.9 Å². The molecule has 0 aliphatic heterocycles. The maximum Gasteiger partial charge on any atom is 0.162 e. The average molecular weight is 315 g/mol. The monoisotopic (exact) mass is 314 g/mol. The second-order valence-corrected chi connectivity index (χ2v) is 4.61. The highest BCUT2D eigenvalue weighted by molar-refractivity contribution is 9.10. The summed E-state index contributed by atoms with van der Waals surface area (Å²) in [5, 5.41) is 14.3. The third-order valence-corrected chi connectivity index (χ3v) is 3.39. The van der Waals surface area contributed by atoms with Crippen LogP contribution in [0.2, 0.25) is 0 Å². The molecular formula is C12H12BrFN2O2. The van der Waals surface area contributed by atoms with Crippen LogP contribution in [-0.4, -0.2) is 22.0 Å². The lowest BCUT2D eigenvalue weighted by Gasteiger charge is -2.15. The number of benzene rings is 1. The number of halogens is 2. The number of methoxy groups -OCH3 is 1. The van der Waals surface area contributed by atoms with Gasteiger partial charge in [0.2, 0.25) is 0 Å². The maximum absolute atomic E-state index is 13.8. The van der Waals surface area contributed by atoms with E-state index in [0.717, 1.165) is 0 Å². The Balaban J connectivity index is 2.54. The van der Waals surface area contributed by atoms with Gasteiger partial charge in [0.1, 0.15) is 17.6 Å². The second kappa shape index (κ2) is 5.07. The van der Waals surface area contributed by atoms with E-state index in [-0.39, 0.29) is 5.56 Å². The SMILES string of the molecule is COc1cnn(C)c1C(O)c1c(F)cccc1Br. The van der Waals surface area contributed by atoms with E-state index in [1.54, 1.807) is 19.2 Å². The first-order chi connectivity index (χ1) is 8.56. The van der Waals surface area contributed by atoms with Gasteiger partial charge in [-0.3, -0.25) is 4.68 Å². The fourth-order valence-corrected chi connectivity index (χ4v) is 2.36. The Morgan fingerprint density at radius 3 is 2.83 bits per heavy atom. The van der Waals surface area contributed by atoms with E-state index in [2.05, 4.69) is 21.0 Å².